The van der Waals surface area contributed by atoms with Crippen LogP contribution >= 0.6 is 0 Å². The van der Waals surface area contributed by atoms with Gasteiger partial charge in [0.05, 0.1) is 11.4 Å². The van der Waals surface area contributed by atoms with Gasteiger partial charge in [-0.25, -0.2) is 0 Å². The standard InChI is InChI=1S/C7H9N3O/c8-5-1-2-7(10-4-11)6(9)3-5/h1-4H,8-9H2,(H,10,11). The zero-order valence-corrected chi connectivity index (χ0v) is 5.87. The number of rotatable bonds is 2. The lowest BCUT2D eigenvalue weighted by Crippen LogP contribution is -1.99. The first-order valence-corrected chi connectivity index (χ1v) is 3.09. The minimum Gasteiger partial charge on any atom is -0.399 e. The van der Waals surface area contributed by atoms with Crippen LogP contribution in [0.25, 0.3) is 0 Å². The monoisotopic (exact) mass is 151 g/mol. The molecule has 11 heavy (non-hydrogen) atoms. The van der Waals surface area contributed by atoms with Crippen LogP contribution in [0.4, 0.5) is 17.1 Å². The van der Waals surface area contributed by atoms with Gasteiger partial charge in [-0.2, -0.15) is 0 Å². The number of nitrogens with one attached hydrogen (secondary N) is 1. The van der Waals surface area contributed by atoms with Gasteiger partial charge in [-0.3, -0.25) is 4.79 Å². The molecule has 1 amide bonds. The van der Waals surface area contributed by atoms with Crippen molar-refractivity contribution in [1.82, 2.24) is 0 Å². The summed E-state index contributed by atoms with van der Waals surface area (Å²) in [6, 6.07) is 4.91. The second-order valence-corrected chi connectivity index (χ2v) is 2.11. The van der Waals surface area contributed by atoms with Crippen molar-refractivity contribution in [3.05, 3.63) is 18.2 Å². The zero-order chi connectivity index (χ0) is 8.27. The summed E-state index contributed by atoms with van der Waals surface area (Å²) in [5.41, 5.74) is 12.6. The maximum absolute atomic E-state index is 10.0. The molecule has 4 nitrogen and oxygen atoms in total. The number of carbonyl (C=O) groups excluding carboxylic acids is 1. The molecule has 58 valence electrons. The minimum atomic E-state index is 0.470. The van der Waals surface area contributed by atoms with Gasteiger partial charge in [-0.05, 0) is 18.2 Å². The number of anilines is 3. The molecular formula is C7H9N3O. The minimum absolute atomic E-state index is 0.470. The predicted molar refractivity (Wildman–Crippen MR) is 45.0 cm³/mol. The quantitative estimate of drug-likeness (QED) is 0.423. The summed E-state index contributed by atoms with van der Waals surface area (Å²) in [5, 5.41) is 2.44. The molecule has 0 aliphatic carbocycles. The molecule has 1 aromatic rings. The van der Waals surface area contributed by atoms with Crippen molar-refractivity contribution in [2.75, 3.05) is 16.8 Å². The molecule has 0 atom stereocenters. The third-order valence-corrected chi connectivity index (χ3v) is 1.29. The molecule has 0 saturated carbocycles. The van der Waals surface area contributed by atoms with Crippen LogP contribution in [-0.2, 0) is 4.79 Å². The number of hydrogen-bond donors (Lipinski definition) is 3. The van der Waals surface area contributed by atoms with E-state index in [4.69, 9.17) is 11.5 Å². The van der Waals surface area contributed by atoms with E-state index in [2.05, 4.69) is 5.32 Å². The van der Waals surface area contributed by atoms with Crippen molar-refractivity contribution in [3.63, 3.8) is 0 Å². The second-order valence-electron chi connectivity index (χ2n) is 2.11. The summed E-state index contributed by atoms with van der Waals surface area (Å²) in [6.45, 7) is 0. The van der Waals surface area contributed by atoms with Crippen molar-refractivity contribution in [1.29, 1.82) is 0 Å². The highest BCUT2D eigenvalue weighted by Gasteiger charge is 1.95. The Labute approximate surface area is 64.2 Å². The second kappa shape index (κ2) is 2.92. The maximum Gasteiger partial charge on any atom is 0.211 e. The van der Waals surface area contributed by atoms with Gasteiger partial charge < -0.3 is 16.8 Å². The van der Waals surface area contributed by atoms with E-state index in [1.165, 1.54) is 0 Å². The lowest BCUT2D eigenvalue weighted by molar-refractivity contribution is -0.105. The van der Waals surface area contributed by atoms with E-state index >= 15 is 0 Å². The van der Waals surface area contributed by atoms with Crippen molar-refractivity contribution in [2.24, 2.45) is 0 Å². The largest absolute Gasteiger partial charge is 0.399 e. The fraction of sp³-hybridized carbons (Fsp3) is 0. The predicted octanol–water partition coefficient (Wildman–Crippen LogP) is 0.419. The molecule has 0 heterocycles. The fourth-order valence-corrected chi connectivity index (χ4v) is 0.776. The Morgan fingerprint density at radius 1 is 1.36 bits per heavy atom. The Hall–Kier alpha value is -1.71. The normalized spacial score (nSPS) is 9.09. The van der Waals surface area contributed by atoms with Crippen LogP contribution < -0.4 is 16.8 Å². The molecule has 0 radical (unpaired) electrons. The molecule has 0 bridgehead atoms. The number of nitrogen functional groups attached to an aromatic ring is 2. The average molecular weight is 151 g/mol. The van der Waals surface area contributed by atoms with Crippen LogP contribution in [0.1, 0.15) is 0 Å². The van der Waals surface area contributed by atoms with E-state index in [0.29, 0.717) is 23.5 Å². The lowest BCUT2D eigenvalue weighted by atomic mass is 10.2. The smallest absolute Gasteiger partial charge is 0.211 e. The first-order chi connectivity index (χ1) is 5.24. The Balaban J connectivity index is 2.98. The molecule has 5 N–H and O–H groups in total. The van der Waals surface area contributed by atoms with Gasteiger partial charge in [-0.1, -0.05) is 0 Å². The number of benzene rings is 1. The Morgan fingerprint density at radius 2 is 2.09 bits per heavy atom. The maximum atomic E-state index is 10.0. The molecule has 0 aromatic heterocycles. The molecule has 0 unspecified atom stereocenters. The van der Waals surface area contributed by atoms with E-state index in [0.717, 1.165) is 0 Å². The van der Waals surface area contributed by atoms with E-state index in [1.807, 2.05) is 0 Å². The Kier molecular flexibility index (Phi) is 1.96. The van der Waals surface area contributed by atoms with Gasteiger partial charge in [0.2, 0.25) is 6.41 Å². The SMILES string of the molecule is Nc1ccc(NC=O)c(N)c1. The van der Waals surface area contributed by atoms with Gasteiger partial charge in [-0.15, -0.1) is 0 Å². The van der Waals surface area contributed by atoms with Gasteiger partial charge >= 0.3 is 0 Å². The van der Waals surface area contributed by atoms with E-state index in [9.17, 15) is 4.79 Å². The summed E-state index contributed by atoms with van der Waals surface area (Å²) in [5.74, 6) is 0. The molecule has 4 heteroatoms. The van der Waals surface area contributed by atoms with E-state index < -0.39 is 0 Å². The number of hydrogen-bond acceptors (Lipinski definition) is 3. The third kappa shape index (κ3) is 1.61. The van der Waals surface area contributed by atoms with Crippen molar-refractivity contribution < 1.29 is 4.79 Å². The van der Waals surface area contributed by atoms with Crippen LogP contribution in [-0.4, -0.2) is 6.41 Å². The molecule has 0 fully saturated rings. The van der Waals surface area contributed by atoms with E-state index in [-0.39, 0.29) is 0 Å². The summed E-state index contributed by atoms with van der Waals surface area (Å²) >= 11 is 0. The summed E-state index contributed by atoms with van der Waals surface area (Å²) < 4.78 is 0. The first-order valence-electron chi connectivity index (χ1n) is 3.09. The molecule has 0 spiro atoms. The molecular weight excluding hydrogens is 142 g/mol. The Morgan fingerprint density at radius 3 is 2.64 bits per heavy atom. The van der Waals surface area contributed by atoms with Crippen molar-refractivity contribution in [3.8, 4) is 0 Å². The van der Waals surface area contributed by atoms with Crippen LogP contribution in [0.3, 0.4) is 0 Å². The fourth-order valence-electron chi connectivity index (χ4n) is 0.776. The lowest BCUT2D eigenvalue weighted by Gasteiger charge is -2.03. The highest BCUT2D eigenvalue weighted by atomic mass is 16.1. The number of nitrogens with two attached hydrogens (primary N) is 2. The molecule has 1 aromatic carbocycles. The Bertz CT molecular complexity index is 272. The number of amides is 1. The van der Waals surface area contributed by atoms with Crippen LogP contribution in [0.5, 0.6) is 0 Å². The molecule has 1 rings (SSSR count). The van der Waals surface area contributed by atoms with Crippen LogP contribution in [0.2, 0.25) is 0 Å². The first kappa shape index (κ1) is 7.40. The summed E-state index contributed by atoms with van der Waals surface area (Å²) in [4.78, 5) is 10.0. The summed E-state index contributed by atoms with van der Waals surface area (Å²) in [6.07, 6.45) is 0.571. The van der Waals surface area contributed by atoms with E-state index in [1.54, 1.807) is 18.2 Å². The van der Waals surface area contributed by atoms with Crippen molar-refractivity contribution >= 4 is 23.5 Å². The van der Waals surface area contributed by atoms with Crippen LogP contribution in [0, 0.1) is 0 Å². The average Bonchev–Trinajstić information content (AvgIpc) is 1.95. The zero-order valence-electron chi connectivity index (χ0n) is 5.87. The number of carbonyl (C=O) groups is 1. The van der Waals surface area contributed by atoms with Gasteiger partial charge in [0.15, 0.2) is 0 Å². The van der Waals surface area contributed by atoms with Gasteiger partial charge in [0.1, 0.15) is 0 Å². The summed E-state index contributed by atoms with van der Waals surface area (Å²) in [7, 11) is 0. The van der Waals surface area contributed by atoms with Crippen LogP contribution in [0.15, 0.2) is 18.2 Å². The van der Waals surface area contributed by atoms with Gasteiger partial charge in [0.25, 0.3) is 0 Å². The third-order valence-electron chi connectivity index (χ3n) is 1.29. The van der Waals surface area contributed by atoms with Gasteiger partial charge in [0, 0.05) is 5.69 Å². The molecule has 0 aliphatic heterocycles. The molecule has 0 saturated heterocycles. The van der Waals surface area contributed by atoms with Crippen molar-refractivity contribution in [2.45, 2.75) is 0 Å². The highest BCUT2D eigenvalue weighted by molar-refractivity contribution is 5.81. The molecule has 0 aliphatic rings. The topological polar surface area (TPSA) is 81.1 Å². The highest BCUT2D eigenvalue weighted by Crippen LogP contribution is 2.19.